The van der Waals surface area contributed by atoms with Crippen molar-refractivity contribution in [3.8, 4) is 55.6 Å². The van der Waals surface area contributed by atoms with Crippen molar-refractivity contribution in [1.29, 1.82) is 0 Å². The maximum atomic E-state index is 2.66. The first-order valence-corrected chi connectivity index (χ1v) is 33.4. The van der Waals surface area contributed by atoms with Gasteiger partial charge in [-0.2, -0.15) is 0 Å². The molecule has 1 aliphatic carbocycles. The van der Waals surface area contributed by atoms with E-state index in [2.05, 4.69) is 316 Å². The summed E-state index contributed by atoms with van der Waals surface area (Å²) in [5, 5.41) is 2.53. The van der Waals surface area contributed by atoms with Crippen molar-refractivity contribution in [2.45, 2.75) is 43.9 Å². The number of anilines is 6. The Morgan fingerprint density at radius 3 is 1.13 bits per heavy atom. The molecule has 0 atom stereocenters. The number of para-hydroxylation sites is 2. The number of rotatable bonds is 12. The van der Waals surface area contributed by atoms with Gasteiger partial charge in [-0.1, -0.05) is 239 Å². The fourth-order valence-electron chi connectivity index (χ4n) is 13.0. The molecule has 0 heterocycles. The normalized spacial score (nSPS) is 12.8. The van der Waals surface area contributed by atoms with Crippen molar-refractivity contribution in [1.82, 2.24) is 0 Å². The van der Waals surface area contributed by atoms with Gasteiger partial charge in [-0.25, -0.2) is 0 Å². The SMILES string of the molecule is C[Si](C)(C)C1([Si](C)(C)C)c2cc(N(c3ccccc3)c3ccc(-c4ccccc4)cc3-c3ccccc3)ccc2-c2c1cc(N(c1ccccc1)c1ccc(-c3ccccc3)cc1-c1ccccc1)c1ccccc21. The first kappa shape index (κ1) is 47.7. The summed E-state index contributed by atoms with van der Waals surface area (Å²) in [6.45, 7) is 15.8. The van der Waals surface area contributed by atoms with Crippen LogP contribution in [0.1, 0.15) is 11.1 Å². The Kier molecular flexibility index (Phi) is 12.2. The van der Waals surface area contributed by atoms with Gasteiger partial charge >= 0.3 is 0 Å². The minimum absolute atomic E-state index is 0.191. The molecular formula is C71H62N2Si2. The lowest BCUT2D eigenvalue weighted by molar-refractivity contribution is 0.952. The van der Waals surface area contributed by atoms with Crippen molar-refractivity contribution in [2.24, 2.45) is 0 Å². The summed E-state index contributed by atoms with van der Waals surface area (Å²) in [6, 6.07) is 99.0. The Morgan fingerprint density at radius 1 is 0.267 bits per heavy atom. The van der Waals surface area contributed by atoms with Crippen molar-refractivity contribution in [3.63, 3.8) is 0 Å². The first-order chi connectivity index (χ1) is 36.5. The minimum atomic E-state index is -2.22. The highest BCUT2D eigenvalue weighted by molar-refractivity contribution is 6.99. The second kappa shape index (κ2) is 19.2. The van der Waals surface area contributed by atoms with Crippen LogP contribution >= 0.6 is 0 Å². The second-order valence-electron chi connectivity index (χ2n) is 22.1. The van der Waals surface area contributed by atoms with E-state index in [0.717, 1.165) is 22.7 Å². The molecule has 12 rings (SSSR count). The van der Waals surface area contributed by atoms with Crippen LogP contribution in [0.3, 0.4) is 0 Å². The summed E-state index contributed by atoms with van der Waals surface area (Å²) in [4.78, 5) is 5.08. The van der Waals surface area contributed by atoms with Crippen LogP contribution in [0.5, 0.6) is 0 Å². The molecular weight excluding hydrogens is 937 g/mol. The van der Waals surface area contributed by atoms with Gasteiger partial charge in [-0.05, 0) is 128 Å². The Balaban J connectivity index is 1.13. The fourth-order valence-corrected chi connectivity index (χ4v) is 26.0. The molecule has 1 aliphatic rings. The molecule has 0 N–H and O–H groups in total. The summed E-state index contributed by atoms with van der Waals surface area (Å²) < 4.78 is -0.191. The topological polar surface area (TPSA) is 6.48 Å². The molecule has 0 radical (unpaired) electrons. The van der Waals surface area contributed by atoms with Gasteiger partial charge in [0.05, 0.1) is 33.2 Å². The summed E-state index contributed by atoms with van der Waals surface area (Å²) in [5.74, 6) is 0. The van der Waals surface area contributed by atoms with E-state index in [-0.39, 0.29) is 4.66 Å². The van der Waals surface area contributed by atoms with Crippen LogP contribution in [0.4, 0.5) is 34.1 Å². The van der Waals surface area contributed by atoms with E-state index in [1.54, 1.807) is 0 Å². The molecule has 364 valence electrons. The van der Waals surface area contributed by atoms with E-state index in [9.17, 15) is 0 Å². The third kappa shape index (κ3) is 8.26. The van der Waals surface area contributed by atoms with Crippen LogP contribution in [-0.2, 0) is 4.66 Å². The lowest BCUT2D eigenvalue weighted by Crippen LogP contribution is -2.63. The molecule has 75 heavy (non-hydrogen) atoms. The number of benzene rings is 11. The van der Waals surface area contributed by atoms with Crippen LogP contribution in [0, 0.1) is 0 Å². The largest absolute Gasteiger partial charge is 0.310 e. The molecule has 0 bridgehead atoms. The fraction of sp³-hybridized carbons (Fsp3) is 0.0986. The van der Waals surface area contributed by atoms with Crippen molar-refractivity contribution >= 4 is 61.0 Å². The van der Waals surface area contributed by atoms with Gasteiger partial charge < -0.3 is 9.80 Å². The molecule has 2 nitrogen and oxygen atoms in total. The Morgan fingerprint density at radius 2 is 0.667 bits per heavy atom. The van der Waals surface area contributed by atoms with E-state index >= 15 is 0 Å². The van der Waals surface area contributed by atoms with Gasteiger partial charge in [0.1, 0.15) is 0 Å². The van der Waals surface area contributed by atoms with E-state index in [4.69, 9.17) is 0 Å². The third-order valence-corrected chi connectivity index (χ3v) is 25.8. The third-order valence-electron chi connectivity index (χ3n) is 15.7. The van der Waals surface area contributed by atoms with Gasteiger partial charge in [0, 0.05) is 38.2 Å². The van der Waals surface area contributed by atoms with Crippen LogP contribution < -0.4 is 9.80 Å². The Labute approximate surface area is 445 Å². The van der Waals surface area contributed by atoms with E-state index in [1.165, 1.54) is 88.9 Å². The standard InChI is InChI=1S/C71H62N2Si2/c1-74(2,3)71(75(4,5)6)65-49-59(72(57-35-21-11-22-36-57)67-45-41-55(51-27-13-7-14-28-51)47-63(67)53-31-17-9-18-32-53)43-44-62(65)70-61-40-26-25-39-60(61)69(50-66(70)71)73(58-37-23-12-24-38-58)68-46-42-56(52-29-15-8-16-30-52)48-64(68)54-33-19-10-20-34-54/h7-50H,1-6H3. The monoisotopic (exact) mass is 998 g/mol. The van der Waals surface area contributed by atoms with Crippen LogP contribution in [0.25, 0.3) is 66.4 Å². The predicted octanol–water partition coefficient (Wildman–Crippen LogP) is 20.5. The van der Waals surface area contributed by atoms with Crippen molar-refractivity contribution in [2.75, 3.05) is 9.80 Å². The average molecular weight is 999 g/mol. The average Bonchev–Trinajstić information content (AvgIpc) is 3.85. The summed E-state index contributed by atoms with van der Waals surface area (Å²) in [7, 11) is -4.45. The zero-order valence-corrected chi connectivity index (χ0v) is 45.8. The smallest absolute Gasteiger partial charge is 0.0579 e. The van der Waals surface area contributed by atoms with E-state index < -0.39 is 16.1 Å². The highest BCUT2D eigenvalue weighted by Crippen LogP contribution is 2.62. The van der Waals surface area contributed by atoms with Gasteiger partial charge in [0.25, 0.3) is 0 Å². The number of hydrogen-bond donors (Lipinski definition) is 0. The van der Waals surface area contributed by atoms with Crippen LogP contribution in [0.15, 0.2) is 267 Å². The Hall–Kier alpha value is -8.29. The van der Waals surface area contributed by atoms with Crippen LogP contribution in [0.2, 0.25) is 39.3 Å². The number of nitrogens with zero attached hydrogens (tertiary/aromatic N) is 2. The molecule has 0 aromatic heterocycles. The maximum absolute atomic E-state index is 2.66. The van der Waals surface area contributed by atoms with Gasteiger partial charge in [0.15, 0.2) is 0 Å². The molecule has 0 saturated carbocycles. The van der Waals surface area contributed by atoms with Crippen molar-refractivity contribution in [3.05, 3.63) is 278 Å². The molecule has 0 fully saturated rings. The van der Waals surface area contributed by atoms with Gasteiger partial charge in [-0.15, -0.1) is 0 Å². The van der Waals surface area contributed by atoms with E-state index in [1.807, 2.05) is 0 Å². The molecule has 0 saturated heterocycles. The van der Waals surface area contributed by atoms with Crippen LogP contribution in [-0.4, -0.2) is 16.1 Å². The Bertz CT molecular complexity index is 3810. The highest BCUT2D eigenvalue weighted by Gasteiger charge is 2.60. The summed E-state index contributed by atoms with van der Waals surface area (Å²) in [6.07, 6.45) is 0. The molecule has 0 spiro atoms. The first-order valence-electron chi connectivity index (χ1n) is 26.4. The second-order valence-corrected chi connectivity index (χ2v) is 33.1. The highest BCUT2D eigenvalue weighted by atomic mass is 28.4. The van der Waals surface area contributed by atoms with Gasteiger partial charge in [-0.3, -0.25) is 0 Å². The zero-order valence-electron chi connectivity index (χ0n) is 43.8. The molecule has 4 heteroatoms. The number of hydrogen-bond acceptors (Lipinski definition) is 2. The molecule has 11 aromatic rings. The zero-order chi connectivity index (χ0) is 51.3. The summed E-state index contributed by atoms with van der Waals surface area (Å²) in [5.41, 5.74) is 22.2. The summed E-state index contributed by atoms with van der Waals surface area (Å²) >= 11 is 0. The lowest BCUT2D eigenvalue weighted by Gasteiger charge is -2.51. The van der Waals surface area contributed by atoms with Gasteiger partial charge in [0.2, 0.25) is 0 Å². The quantitative estimate of drug-likeness (QED) is 0.113. The van der Waals surface area contributed by atoms with Crippen molar-refractivity contribution < 1.29 is 0 Å². The molecule has 0 amide bonds. The molecule has 0 unspecified atom stereocenters. The lowest BCUT2D eigenvalue weighted by atomic mass is 9.93. The number of fused-ring (bicyclic) bond motifs is 5. The predicted molar refractivity (Wildman–Crippen MR) is 328 cm³/mol. The maximum Gasteiger partial charge on any atom is 0.0579 e. The minimum Gasteiger partial charge on any atom is -0.310 e. The molecule has 0 aliphatic heterocycles. The molecule has 11 aromatic carbocycles. The van der Waals surface area contributed by atoms with E-state index in [0.29, 0.717) is 0 Å².